The van der Waals surface area contributed by atoms with Crippen LogP contribution in [0, 0.1) is 5.41 Å². The summed E-state index contributed by atoms with van der Waals surface area (Å²) in [4.78, 5) is 13.5. The molecule has 3 heteroatoms. The van der Waals surface area contributed by atoms with Gasteiger partial charge in [0.05, 0.1) is 6.04 Å². The molecule has 0 aromatic rings. The molecule has 0 radical (unpaired) electrons. The Kier molecular flexibility index (Phi) is 4.14. The summed E-state index contributed by atoms with van der Waals surface area (Å²) >= 11 is 0. The van der Waals surface area contributed by atoms with Gasteiger partial charge in [-0.2, -0.15) is 0 Å². The van der Waals surface area contributed by atoms with Crippen LogP contribution in [0.3, 0.4) is 0 Å². The molecule has 1 saturated heterocycles. The predicted octanol–water partition coefficient (Wildman–Crippen LogP) is 1.76. The molecule has 1 fully saturated rings. The molecule has 1 aliphatic heterocycles. The molecule has 1 amide bonds. The Morgan fingerprint density at radius 1 is 1.40 bits per heavy atom. The van der Waals surface area contributed by atoms with Gasteiger partial charge in [0.1, 0.15) is 0 Å². The first-order chi connectivity index (χ1) is 7.02. The second-order valence-electron chi connectivity index (χ2n) is 5.03. The van der Waals surface area contributed by atoms with Crippen LogP contribution in [0.2, 0.25) is 0 Å². The number of nitrogens with zero attached hydrogens (tertiary/aromatic N) is 1. The smallest absolute Gasteiger partial charge is 0.234 e. The highest BCUT2D eigenvalue weighted by molar-refractivity contribution is 5.79. The fraction of sp³-hybridized carbons (Fsp3) is 0.917. The molecule has 1 rings (SSSR count). The Morgan fingerprint density at radius 2 is 1.93 bits per heavy atom. The molecule has 1 aliphatic rings. The third-order valence-electron chi connectivity index (χ3n) is 4.01. The summed E-state index contributed by atoms with van der Waals surface area (Å²) in [6.07, 6.45) is 4.44. The lowest BCUT2D eigenvalue weighted by atomic mass is 9.78. The number of hydrogen-bond acceptors (Lipinski definition) is 2. The quantitative estimate of drug-likeness (QED) is 0.772. The summed E-state index contributed by atoms with van der Waals surface area (Å²) in [7, 11) is 0. The van der Waals surface area contributed by atoms with Crippen LogP contribution in [0.5, 0.6) is 0 Å². The van der Waals surface area contributed by atoms with Crippen molar-refractivity contribution in [2.24, 2.45) is 11.1 Å². The second-order valence-corrected chi connectivity index (χ2v) is 5.03. The monoisotopic (exact) mass is 212 g/mol. The number of piperidine rings is 1. The Morgan fingerprint density at radius 3 is 2.27 bits per heavy atom. The third kappa shape index (κ3) is 2.94. The number of nitrogens with two attached hydrogens (primary N) is 1. The number of primary amides is 1. The number of carbonyl (C=O) groups is 1. The van der Waals surface area contributed by atoms with E-state index in [0.717, 1.165) is 19.5 Å². The van der Waals surface area contributed by atoms with Gasteiger partial charge < -0.3 is 5.73 Å². The lowest BCUT2D eigenvalue weighted by molar-refractivity contribution is -0.124. The zero-order valence-electron chi connectivity index (χ0n) is 10.3. The van der Waals surface area contributed by atoms with Gasteiger partial charge in [0.25, 0.3) is 0 Å². The molecule has 0 aromatic carbocycles. The van der Waals surface area contributed by atoms with Crippen molar-refractivity contribution >= 4 is 5.91 Å². The van der Waals surface area contributed by atoms with Gasteiger partial charge in [0.2, 0.25) is 5.91 Å². The SMILES string of the molecule is CCC(C(N)=O)N1CCC(C)(CC)CC1. The summed E-state index contributed by atoms with van der Waals surface area (Å²) in [6, 6.07) is -0.0496. The van der Waals surface area contributed by atoms with Gasteiger partial charge >= 0.3 is 0 Å². The molecule has 0 bridgehead atoms. The van der Waals surface area contributed by atoms with Crippen molar-refractivity contribution < 1.29 is 4.79 Å². The minimum absolute atomic E-state index is 0.0496. The maximum absolute atomic E-state index is 11.2. The van der Waals surface area contributed by atoms with Gasteiger partial charge in [-0.1, -0.05) is 27.2 Å². The normalized spacial score (nSPS) is 23.7. The van der Waals surface area contributed by atoms with E-state index in [-0.39, 0.29) is 11.9 Å². The number of rotatable bonds is 4. The van der Waals surface area contributed by atoms with E-state index >= 15 is 0 Å². The average Bonchev–Trinajstić information content (AvgIpc) is 2.22. The molecule has 0 aromatic heterocycles. The van der Waals surface area contributed by atoms with Crippen LogP contribution in [-0.2, 0) is 4.79 Å². The zero-order chi connectivity index (χ0) is 11.5. The third-order valence-corrected chi connectivity index (χ3v) is 4.01. The summed E-state index contributed by atoms with van der Waals surface area (Å²) in [6.45, 7) is 8.66. The van der Waals surface area contributed by atoms with Crippen molar-refractivity contribution in [3.05, 3.63) is 0 Å². The minimum atomic E-state index is -0.169. The number of amides is 1. The lowest BCUT2D eigenvalue weighted by Crippen LogP contribution is -2.49. The van der Waals surface area contributed by atoms with Crippen molar-refractivity contribution in [1.82, 2.24) is 4.90 Å². The van der Waals surface area contributed by atoms with Crippen LogP contribution < -0.4 is 5.73 Å². The van der Waals surface area contributed by atoms with E-state index < -0.39 is 0 Å². The fourth-order valence-electron chi connectivity index (χ4n) is 2.37. The van der Waals surface area contributed by atoms with E-state index in [2.05, 4.69) is 18.7 Å². The summed E-state index contributed by atoms with van der Waals surface area (Å²) in [5.74, 6) is -0.169. The van der Waals surface area contributed by atoms with Crippen LogP contribution >= 0.6 is 0 Å². The molecular weight excluding hydrogens is 188 g/mol. The molecule has 88 valence electrons. The van der Waals surface area contributed by atoms with Gasteiger partial charge in [0.15, 0.2) is 0 Å². The van der Waals surface area contributed by atoms with Crippen molar-refractivity contribution in [2.45, 2.75) is 52.5 Å². The van der Waals surface area contributed by atoms with Gasteiger partial charge in [-0.3, -0.25) is 9.69 Å². The molecule has 0 aliphatic carbocycles. The predicted molar refractivity (Wildman–Crippen MR) is 62.5 cm³/mol. The molecular formula is C12H24N2O. The Balaban J connectivity index is 2.52. The topological polar surface area (TPSA) is 46.3 Å². The summed E-state index contributed by atoms with van der Waals surface area (Å²) in [5.41, 5.74) is 5.88. The Hall–Kier alpha value is -0.570. The lowest BCUT2D eigenvalue weighted by Gasteiger charge is -2.41. The number of carbonyl (C=O) groups excluding carboxylic acids is 1. The first-order valence-electron chi connectivity index (χ1n) is 6.06. The van der Waals surface area contributed by atoms with E-state index in [1.54, 1.807) is 0 Å². The van der Waals surface area contributed by atoms with Crippen LogP contribution in [0.4, 0.5) is 0 Å². The van der Waals surface area contributed by atoms with Crippen LogP contribution in [-0.4, -0.2) is 29.9 Å². The molecule has 3 nitrogen and oxygen atoms in total. The highest BCUT2D eigenvalue weighted by Gasteiger charge is 2.32. The van der Waals surface area contributed by atoms with Gasteiger partial charge in [-0.05, 0) is 37.8 Å². The van der Waals surface area contributed by atoms with E-state index in [9.17, 15) is 4.79 Å². The summed E-state index contributed by atoms with van der Waals surface area (Å²) in [5, 5.41) is 0. The van der Waals surface area contributed by atoms with Crippen molar-refractivity contribution in [2.75, 3.05) is 13.1 Å². The minimum Gasteiger partial charge on any atom is -0.368 e. The molecule has 15 heavy (non-hydrogen) atoms. The maximum Gasteiger partial charge on any atom is 0.234 e. The highest BCUT2D eigenvalue weighted by Crippen LogP contribution is 2.34. The largest absolute Gasteiger partial charge is 0.368 e. The van der Waals surface area contributed by atoms with Gasteiger partial charge in [-0.15, -0.1) is 0 Å². The first-order valence-corrected chi connectivity index (χ1v) is 6.06. The molecule has 0 saturated carbocycles. The molecule has 2 N–H and O–H groups in total. The number of hydrogen-bond donors (Lipinski definition) is 1. The van der Waals surface area contributed by atoms with E-state index in [1.165, 1.54) is 19.3 Å². The van der Waals surface area contributed by atoms with Crippen molar-refractivity contribution in [3.63, 3.8) is 0 Å². The molecule has 1 atom stereocenters. The molecule has 1 heterocycles. The van der Waals surface area contributed by atoms with Crippen molar-refractivity contribution in [1.29, 1.82) is 0 Å². The average molecular weight is 212 g/mol. The molecule has 0 spiro atoms. The first kappa shape index (κ1) is 12.5. The fourth-order valence-corrected chi connectivity index (χ4v) is 2.37. The molecule has 1 unspecified atom stereocenters. The van der Waals surface area contributed by atoms with Crippen LogP contribution in [0.15, 0.2) is 0 Å². The van der Waals surface area contributed by atoms with E-state index in [4.69, 9.17) is 5.73 Å². The van der Waals surface area contributed by atoms with E-state index in [0.29, 0.717) is 5.41 Å². The van der Waals surface area contributed by atoms with Gasteiger partial charge in [-0.25, -0.2) is 0 Å². The Bertz CT molecular complexity index is 220. The Labute approximate surface area is 93.0 Å². The second kappa shape index (κ2) is 4.97. The number of likely N-dealkylation sites (tertiary alicyclic amines) is 1. The maximum atomic E-state index is 11.2. The highest BCUT2D eigenvalue weighted by atomic mass is 16.1. The zero-order valence-corrected chi connectivity index (χ0v) is 10.3. The van der Waals surface area contributed by atoms with Crippen LogP contribution in [0.25, 0.3) is 0 Å². The van der Waals surface area contributed by atoms with Gasteiger partial charge in [0, 0.05) is 0 Å². The standard InChI is InChI=1S/C12H24N2O/c1-4-10(11(13)15)14-8-6-12(3,5-2)7-9-14/h10H,4-9H2,1-3H3,(H2,13,15). The van der Waals surface area contributed by atoms with Crippen molar-refractivity contribution in [3.8, 4) is 0 Å². The van der Waals surface area contributed by atoms with Crippen LogP contribution in [0.1, 0.15) is 46.5 Å². The summed E-state index contributed by atoms with van der Waals surface area (Å²) < 4.78 is 0. The van der Waals surface area contributed by atoms with E-state index in [1.807, 2.05) is 6.92 Å².